The van der Waals surface area contributed by atoms with E-state index in [1.165, 1.54) is 0 Å². The summed E-state index contributed by atoms with van der Waals surface area (Å²) in [6, 6.07) is 14.9. The highest BCUT2D eigenvalue weighted by atomic mass is 16.5. The lowest BCUT2D eigenvalue weighted by molar-refractivity contribution is 0.109. The zero-order chi connectivity index (χ0) is 16.9. The van der Waals surface area contributed by atoms with Crippen molar-refractivity contribution in [3.63, 3.8) is 0 Å². The number of benzene rings is 2. The number of aliphatic hydroxyl groups is 1. The summed E-state index contributed by atoms with van der Waals surface area (Å²) in [5, 5.41) is 20.1. The Morgan fingerprint density at radius 3 is 2.50 bits per heavy atom. The molecule has 0 radical (unpaired) electrons. The molecular weight excluding hydrogens is 304 g/mol. The van der Waals surface area contributed by atoms with Gasteiger partial charge in [0.1, 0.15) is 11.5 Å². The van der Waals surface area contributed by atoms with Crippen LogP contribution in [0.3, 0.4) is 0 Å². The first kappa shape index (κ1) is 16.6. The Labute approximate surface area is 142 Å². The summed E-state index contributed by atoms with van der Waals surface area (Å²) >= 11 is 0. The van der Waals surface area contributed by atoms with E-state index in [-0.39, 0.29) is 0 Å². The highest BCUT2D eigenvalue weighted by Gasteiger charge is 2.20. The molecule has 2 N–H and O–H groups in total. The molecule has 1 fully saturated rings. The summed E-state index contributed by atoms with van der Waals surface area (Å²) in [6.07, 6.45) is -0.521. The van der Waals surface area contributed by atoms with Crippen LogP contribution in [0.1, 0.15) is 11.7 Å². The van der Waals surface area contributed by atoms with Crippen LogP contribution in [0.2, 0.25) is 0 Å². The predicted octanol–water partition coefficient (Wildman–Crippen LogP) is 2.26. The number of anilines is 1. The second-order valence-corrected chi connectivity index (χ2v) is 6.10. The van der Waals surface area contributed by atoms with Gasteiger partial charge < -0.3 is 19.8 Å². The number of ether oxygens (including phenoxy) is 1. The van der Waals surface area contributed by atoms with Crippen LogP contribution in [0.5, 0.6) is 11.5 Å². The van der Waals surface area contributed by atoms with E-state index in [4.69, 9.17) is 4.74 Å². The Hall–Kier alpha value is -2.24. The molecule has 0 aromatic heterocycles. The lowest BCUT2D eigenvalue weighted by Crippen LogP contribution is -2.47. The quantitative estimate of drug-likeness (QED) is 0.882. The van der Waals surface area contributed by atoms with Crippen LogP contribution < -0.4 is 9.64 Å². The molecule has 1 heterocycles. The van der Waals surface area contributed by atoms with E-state index in [9.17, 15) is 10.2 Å². The normalized spacial score (nSPS) is 16.8. The second kappa shape index (κ2) is 7.55. The summed E-state index contributed by atoms with van der Waals surface area (Å²) < 4.78 is 5.22. The van der Waals surface area contributed by atoms with Gasteiger partial charge in [0.15, 0.2) is 0 Å². The molecule has 24 heavy (non-hydrogen) atoms. The summed E-state index contributed by atoms with van der Waals surface area (Å²) in [5.41, 5.74) is 1.92. The molecule has 5 nitrogen and oxygen atoms in total. The largest absolute Gasteiger partial charge is 0.508 e. The average molecular weight is 328 g/mol. The number of rotatable bonds is 5. The summed E-state index contributed by atoms with van der Waals surface area (Å²) in [6.45, 7) is 4.15. The van der Waals surface area contributed by atoms with E-state index in [2.05, 4.69) is 9.80 Å². The van der Waals surface area contributed by atoms with Gasteiger partial charge in [0.2, 0.25) is 0 Å². The topological polar surface area (TPSA) is 56.2 Å². The highest BCUT2D eigenvalue weighted by Crippen LogP contribution is 2.23. The number of methoxy groups -OCH3 is 1. The van der Waals surface area contributed by atoms with Gasteiger partial charge in [0.05, 0.1) is 13.2 Å². The molecule has 5 heteroatoms. The fourth-order valence-electron chi connectivity index (χ4n) is 3.08. The van der Waals surface area contributed by atoms with Crippen LogP contribution in [0, 0.1) is 0 Å². The van der Waals surface area contributed by atoms with Gasteiger partial charge in [-0.2, -0.15) is 0 Å². The number of aromatic hydroxyl groups is 1. The van der Waals surface area contributed by atoms with E-state index < -0.39 is 6.10 Å². The number of nitrogens with zero attached hydrogens (tertiary/aromatic N) is 2. The minimum atomic E-state index is -0.521. The third-order valence-electron chi connectivity index (χ3n) is 4.48. The molecule has 3 rings (SSSR count). The van der Waals surface area contributed by atoms with Crippen molar-refractivity contribution in [3.8, 4) is 11.5 Å². The lowest BCUT2D eigenvalue weighted by Gasteiger charge is -2.37. The van der Waals surface area contributed by atoms with Crippen LogP contribution in [0.15, 0.2) is 48.5 Å². The Balaban J connectivity index is 1.55. The minimum Gasteiger partial charge on any atom is -0.508 e. The Bertz CT molecular complexity index is 669. The number of hydrogen-bond acceptors (Lipinski definition) is 5. The second-order valence-electron chi connectivity index (χ2n) is 6.10. The monoisotopic (exact) mass is 328 g/mol. The molecule has 2 aromatic rings. The molecule has 0 saturated carbocycles. The molecule has 0 aliphatic carbocycles. The number of hydrogen-bond donors (Lipinski definition) is 2. The molecular formula is C19H24N2O3. The fourth-order valence-corrected chi connectivity index (χ4v) is 3.08. The first-order chi connectivity index (χ1) is 11.7. The van der Waals surface area contributed by atoms with E-state index >= 15 is 0 Å². The third-order valence-corrected chi connectivity index (χ3v) is 4.48. The standard InChI is InChI=1S/C19H24N2O3/c1-24-18-7-2-4-15(12-18)19(23)14-20-8-10-21(11-9-20)16-5-3-6-17(22)13-16/h2-7,12-13,19,22-23H,8-11,14H2,1H3. The van der Waals surface area contributed by atoms with Gasteiger partial charge in [-0.25, -0.2) is 0 Å². The Morgan fingerprint density at radius 1 is 1.04 bits per heavy atom. The fraction of sp³-hybridized carbons (Fsp3) is 0.368. The lowest BCUT2D eigenvalue weighted by atomic mass is 10.1. The van der Waals surface area contributed by atoms with Crippen LogP contribution in [-0.4, -0.2) is 54.9 Å². The smallest absolute Gasteiger partial charge is 0.119 e. The molecule has 1 unspecified atom stereocenters. The van der Waals surface area contributed by atoms with Gasteiger partial charge in [-0.15, -0.1) is 0 Å². The van der Waals surface area contributed by atoms with Gasteiger partial charge in [0.25, 0.3) is 0 Å². The first-order valence-electron chi connectivity index (χ1n) is 8.24. The molecule has 128 valence electrons. The predicted molar refractivity (Wildman–Crippen MR) is 94.7 cm³/mol. The number of phenolic OH excluding ortho intramolecular Hbond substituents is 1. The van der Waals surface area contributed by atoms with Crippen molar-refractivity contribution < 1.29 is 14.9 Å². The van der Waals surface area contributed by atoms with Crippen molar-refractivity contribution in [1.29, 1.82) is 0 Å². The van der Waals surface area contributed by atoms with Gasteiger partial charge in [-0.1, -0.05) is 18.2 Å². The molecule has 1 saturated heterocycles. The zero-order valence-corrected chi connectivity index (χ0v) is 13.9. The molecule has 1 aliphatic heterocycles. The SMILES string of the molecule is COc1cccc(C(O)CN2CCN(c3cccc(O)c3)CC2)c1. The van der Waals surface area contributed by atoms with Crippen molar-refractivity contribution >= 4 is 5.69 Å². The van der Waals surface area contributed by atoms with Gasteiger partial charge >= 0.3 is 0 Å². The first-order valence-corrected chi connectivity index (χ1v) is 8.24. The number of β-amino-alcohol motifs (C(OH)–C–C–N with tert-alkyl or cyclic N) is 1. The van der Waals surface area contributed by atoms with E-state index in [0.717, 1.165) is 43.2 Å². The third kappa shape index (κ3) is 3.99. The maximum atomic E-state index is 10.5. The average Bonchev–Trinajstić information content (AvgIpc) is 2.62. The summed E-state index contributed by atoms with van der Waals surface area (Å²) in [4.78, 5) is 4.53. The van der Waals surface area contributed by atoms with Gasteiger partial charge in [-0.05, 0) is 29.8 Å². The molecule has 0 amide bonds. The molecule has 0 spiro atoms. The maximum Gasteiger partial charge on any atom is 0.119 e. The zero-order valence-electron chi connectivity index (χ0n) is 13.9. The molecule has 2 aromatic carbocycles. The van der Waals surface area contributed by atoms with Crippen LogP contribution in [0.4, 0.5) is 5.69 Å². The molecule has 1 aliphatic rings. The van der Waals surface area contributed by atoms with Crippen LogP contribution in [-0.2, 0) is 0 Å². The van der Waals surface area contributed by atoms with Crippen LogP contribution >= 0.6 is 0 Å². The number of piperazine rings is 1. The molecule has 1 atom stereocenters. The van der Waals surface area contributed by atoms with Crippen molar-refractivity contribution in [2.24, 2.45) is 0 Å². The highest BCUT2D eigenvalue weighted by molar-refractivity contribution is 5.50. The van der Waals surface area contributed by atoms with Crippen molar-refractivity contribution in [2.75, 3.05) is 44.7 Å². The minimum absolute atomic E-state index is 0.295. The van der Waals surface area contributed by atoms with E-state index in [0.29, 0.717) is 12.3 Å². The van der Waals surface area contributed by atoms with E-state index in [1.54, 1.807) is 19.2 Å². The van der Waals surface area contributed by atoms with E-state index in [1.807, 2.05) is 36.4 Å². The summed E-state index contributed by atoms with van der Waals surface area (Å²) in [7, 11) is 1.63. The Kier molecular flexibility index (Phi) is 5.23. The Morgan fingerprint density at radius 2 is 1.79 bits per heavy atom. The van der Waals surface area contributed by atoms with Gasteiger partial charge in [0, 0.05) is 44.5 Å². The van der Waals surface area contributed by atoms with Crippen molar-refractivity contribution in [3.05, 3.63) is 54.1 Å². The van der Waals surface area contributed by atoms with Crippen molar-refractivity contribution in [1.82, 2.24) is 4.90 Å². The van der Waals surface area contributed by atoms with Gasteiger partial charge in [-0.3, -0.25) is 4.90 Å². The summed E-state index contributed by atoms with van der Waals surface area (Å²) in [5.74, 6) is 1.06. The molecule has 0 bridgehead atoms. The maximum absolute atomic E-state index is 10.5. The number of aliphatic hydroxyl groups excluding tert-OH is 1. The number of phenols is 1. The van der Waals surface area contributed by atoms with Crippen LogP contribution in [0.25, 0.3) is 0 Å². The van der Waals surface area contributed by atoms with Crippen molar-refractivity contribution in [2.45, 2.75) is 6.10 Å².